The van der Waals surface area contributed by atoms with E-state index in [-0.39, 0.29) is 23.6 Å². The topological polar surface area (TPSA) is 47.4 Å². The molecule has 1 aliphatic rings. The molecule has 0 unspecified atom stereocenters. The highest BCUT2D eigenvalue weighted by atomic mass is 19.1. The number of benzene rings is 2. The van der Waals surface area contributed by atoms with E-state index in [1.54, 1.807) is 23.2 Å². The van der Waals surface area contributed by atoms with Crippen LogP contribution in [-0.2, 0) is 17.8 Å². The third-order valence-corrected chi connectivity index (χ3v) is 5.23. The molecule has 0 spiro atoms. The molecule has 30 heavy (non-hydrogen) atoms. The second-order valence-electron chi connectivity index (χ2n) is 7.43. The molecular weight excluding hydrogens is 388 g/mol. The second kappa shape index (κ2) is 9.17. The highest BCUT2D eigenvalue weighted by Crippen LogP contribution is 2.18. The van der Waals surface area contributed by atoms with Crippen LogP contribution < -0.4 is 0 Å². The van der Waals surface area contributed by atoms with Gasteiger partial charge in [0.15, 0.2) is 0 Å². The fourth-order valence-corrected chi connectivity index (χ4v) is 3.62. The molecule has 0 bridgehead atoms. The number of hydrogen-bond donors (Lipinski definition) is 0. The van der Waals surface area contributed by atoms with Crippen molar-refractivity contribution in [1.29, 1.82) is 0 Å². The molecule has 1 amide bonds. The molecule has 2 aromatic carbocycles. The quantitative estimate of drug-likeness (QED) is 0.590. The van der Waals surface area contributed by atoms with Gasteiger partial charge in [-0.25, -0.2) is 13.8 Å². The van der Waals surface area contributed by atoms with Crippen LogP contribution in [0.2, 0.25) is 0 Å². The van der Waals surface area contributed by atoms with Crippen molar-refractivity contribution in [2.75, 3.05) is 13.2 Å². The molecule has 1 atom stereocenters. The minimum Gasteiger partial charge on any atom is -0.376 e. The molecule has 1 aliphatic heterocycles. The number of imidazole rings is 1. The van der Waals surface area contributed by atoms with Crippen molar-refractivity contribution < 1.29 is 18.3 Å². The van der Waals surface area contributed by atoms with Crippen LogP contribution in [-0.4, -0.2) is 39.6 Å². The van der Waals surface area contributed by atoms with E-state index in [4.69, 9.17) is 4.74 Å². The monoisotopic (exact) mass is 411 g/mol. The minimum absolute atomic E-state index is 0.0186. The molecule has 1 aromatic heterocycles. The van der Waals surface area contributed by atoms with Gasteiger partial charge in [-0.3, -0.25) is 4.79 Å². The summed E-state index contributed by atoms with van der Waals surface area (Å²) in [5, 5.41) is 0. The van der Waals surface area contributed by atoms with Gasteiger partial charge in [0.2, 0.25) is 0 Å². The number of carbonyl (C=O) groups is 1. The van der Waals surface area contributed by atoms with E-state index < -0.39 is 0 Å². The molecule has 2 heterocycles. The number of nitrogens with zero attached hydrogens (tertiary/aromatic N) is 3. The first-order valence-electron chi connectivity index (χ1n) is 9.99. The van der Waals surface area contributed by atoms with Crippen molar-refractivity contribution >= 4 is 5.91 Å². The van der Waals surface area contributed by atoms with Crippen LogP contribution in [0.3, 0.4) is 0 Å². The SMILES string of the molecule is O=C(c1ccc(F)cc1)N(Cc1nccn1Cc1ccc(F)cc1)C[C@@H]1CCCO1. The van der Waals surface area contributed by atoms with E-state index in [1.165, 1.54) is 36.4 Å². The van der Waals surface area contributed by atoms with Crippen molar-refractivity contribution in [3.05, 3.63) is 89.5 Å². The molecular formula is C23H23F2N3O2. The maximum absolute atomic E-state index is 13.3. The molecule has 156 valence electrons. The van der Waals surface area contributed by atoms with Gasteiger partial charge < -0.3 is 14.2 Å². The number of carbonyl (C=O) groups excluding carboxylic acids is 1. The number of amides is 1. The number of hydrogen-bond acceptors (Lipinski definition) is 3. The van der Waals surface area contributed by atoms with Crippen LogP contribution in [0.15, 0.2) is 60.9 Å². The van der Waals surface area contributed by atoms with Gasteiger partial charge in [-0.15, -0.1) is 0 Å². The molecule has 1 fully saturated rings. The first-order valence-corrected chi connectivity index (χ1v) is 9.99. The van der Waals surface area contributed by atoms with E-state index in [2.05, 4.69) is 4.98 Å². The van der Waals surface area contributed by atoms with E-state index in [0.717, 1.165) is 18.4 Å². The number of halogens is 2. The largest absolute Gasteiger partial charge is 0.376 e. The Morgan fingerprint density at radius 3 is 2.47 bits per heavy atom. The predicted octanol–water partition coefficient (Wildman–Crippen LogP) is 4.03. The highest BCUT2D eigenvalue weighted by Gasteiger charge is 2.25. The molecule has 1 saturated heterocycles. The zero-order chi connectivity index (χ0) is 20.9. The zero-order valence-electron chi connectivity index (χ0n) is 16.5. The molecule has 4 rings (SSSR count). The highest BCUT2D eigenvalue weighted by molar-refractivity contribution is 5.94. The lowest BCUT2D eigenvalue weighted by Crippen LogP contribution is -2.37. The number of aromatic nitrogens is 2. The summed E-state index contributed by atoms with van der Waals surface area (Å²) in [5.74, 6) is -0.140. The van der Waals surface area contributed by atoms with Crippen molar-refractivity contribution in [1.82, 2.24) is 14.5 Å². The summed E-state index contributed by atoms with van der Waals surface area (Å²) < 4.78 is 34.1. The van der Waals surface area contributed by atoms with Gasteiger partial charge in [-0.05, 0) is 54.8 Å². The van der Waals surface area contributed by atoms with Crippen molar-refractivity contribution in [3.8, 4) is 0 Å². The van der Waals surface area contributed by atoms with Crippen LogP contribution in [0.25, 0.3) is 0 Å². The average molecular weight is 411 g/mol. The first-order chi connectivity index (χ1) is 14.6. The maximum Gasteiger partial charge on any atom is 0.254 e. The summed E-state index contributed by atoms with van der Waals surface area (Å²) in [7, 11) is 0. The van der Waals surface area contributed by atoms with Crippen LogP contribution in [0.5, 0.6) is 0 Å². The Labute approximate surface area is 173 Å². The molecule has 7 heteroatoms. The third-order valence-electron chi connectivity index (χ3n) is 5.23. The van der Waals surface area contributed by atoms with E-state index in [0.29, 0.717) is 37.6 Å². The van der Waals surface area contributed by atoms with Gasteiger partial charge in [0, 0.05) is 37.7 Å². The Hall–Kier alpha value is -3.06. The zero-order valence-corrected chi connectivity index (χ0v) is 16.5. The Morgan fingerprint density at radius 2 is 1.80 bits per heavy atom. The van der Waals surface area contributed by atoms with Crippen LogP contribution in [0.1, 0.15) is 34.6 Å². The summed E-state index contributed by atoms with van der Waals surface area (Å²) >= 11 is 0. The summed E-state index contributed by atoms with van der Waals surface area (Å²) in [4.78, 5) is 19.3. The van der Waals surface area contributed by atoms with Crippen molar-refractivity contribution in [2.24, 2.45) is 0 Å². The van der Waals surface area contributed by atoms with E-state index in [1.807, 2.05) is 10.8 Å². The lowest BCUT2D eigenvalue weighted by molar-refractivity contribution is 0.0499. The summed E-state index contributed by atoms with van der Waals surface area (Å²) in [6.45, 7) is 1.96. The standard InChI is InChI=1S/C23H23F2N3O2/c24-19-7-3-17(4-8-19)14-27-12-11-26-22(27)16-28(15-21-2-1-13-30-21)23(29)18-5-9-20(25)10-6-18/h3-12,21H,1-2,13-16H2/t21-/m0/s1. The minimum atomic E-state index is -0.382. The normalized spacial score (nSPS) is 16.0. The molecule has 3 aromatic rings. The number of ether oxygens (including phenoxy) is 1. The predicted molar refractivity (Wildman–Crippen MR) is 108 cm³/mol. The molecule has 0 saturated carbocycles. The summed E-state index contributed by atoms with van der Waals surface area (Å²) in [5.41, 5.74) is 1.36. The van der Waals surface area contributed by atoms with Crippen molar-refractivity contribution in [2.45, 2.75) is 32.0 Å². The molecule has 0 N–H and O–H groups in total. The molecule has 0 radical (unpaired) electrons. The fraction of sp³-hybridized carbons (Fsp3) is 0.304. The Kier molecular flexibility index (Phi) is 6.18. The Balaban J connectivity index is 1.54. The third kappa shape index (κ3) is 4.91. The van der Waals surface area contributed by atoms with Gasteiger partial charge in [0.1, 0.15) is 17.5 Å². The smallest absolute Gasteiger partial charge is 0.254 e. The summed E-state index contributed by atoms with van der Waals surface area (Å²) in [6, 6.07) is 11.9. The Morgan fingerprint density at radius 1 is 1.10 bits per heavy atom. The van der Waals surface area contributed by atoms with Crippen molar-refractivity contribution in [3.63, 3.8) is 0 Å². The van der Waals surface area contributed by atoms with E-state index in [9.17, 15) is 13.6 Å². The summed E-state index contributed by atoms with van der Waals surface area (Å²) in [6.07, 6.45) is 5.38. The lowest BCUT2D eigenvalue weighted by atomic mass is 10.1. The Bertz CT molecular complexity index is 980. The van der Waals surface area contributed by atoms with Gasteiger partial charge in [-0.2, -0.15) is 0 Å². The lowest BCUT2D eigenvalue weighted by Gasteiger charge is -2.25. The second-order valence-corrected chi connectivity index (χ2v) is 7.43. The van der Waals surface area contributed by atoms with Crippen LogP contribution in [0, 0.1) is 11.6 Å². The van der Waals surface area contributed by atoms with Crippen LogP contribution in [0.4, 0.5) is 8.78 Å². The average Bonchev–Trinajstić information content (AvgIpc) is 3.42. The maximum atomic E-state index is 13.3. The van der Waals surface area contributed by atoms with Gasteiger partial charge in [0.05, 0.1) is 12.6 Å². The molecule has 5 nitrogen and oxygen atoms in total. The van der Waals surface area contributed by atoms with Gasteiger partial charge in [0.25, 0.3) is 5.91 Å². The van der Waals surface area contributed by atoms with Gasteiger partial charge in [-0.1, -0.05) is 12.1 Å². The van der Waals surface area contributed by atoms with E-state index >= 15 is 0 Å². The first kappa shape index (κ1) is 20.2. The van der Waals surface area contributed by atoms with Gasteiger partial charge >= 0.3 is 0 Å². The number of rotatable bonds is 7. The van der Waals surface area contributed by atoms with Crippen LogP contribution >= 0.6 is 0 Å². The molecule has 0 aliphatic carbocycles. The fourth-order valence-electron chi connectivity index (χ4n) is 3.62.